The van der Waals surface area contributed by atoms with Crippen molar-refractivity contribution in [3.8, 4) is 0 Å². The van der Waals surface area contributed by atoms with Crippen molar-refractivity contribution in [1.82, 2.24) is 0 Å². The third kappa shape index (κ3) is 38.9. The molecular weight excluding hydrogens is 673 g/mol. The first-order valence-electron chi connectivity index (χ1n) is 20.1. The zero-order chi connectivity index (χ0) is 38.1. The van der Waals surface area contributed by atoms with Gasteiger partial charge in [-0.25, -0.2) is 4.57 Å². The highest BCUT2D eigenvalue weighted by molar-refractivity contribution is 7.47. The molecule has 0 fully saturated rings. The first kappa shape index (κ1) is 49.7. The topological polar surface area (TPSA) is 117 Å². The van der Waals surface area contributed by atoms with Gasteiger partial charge in [0.05, 0.1) is 19.8 Å². The minimum Gasteiger partial charge on any atom is -0.457 e. The van der Waals surface area contributed by atoms with Crippen molar-refractivity contribution in [2.45, 2.75) is 148 Å². The molecule has 298 valence electrons. The van der Waals surface area contributed by atoms with Crippen LogP contribution >= 0.6 is 7.82 Å². The summed E-state index contributed by atoms with van der Waals surface area (Å²) < 4.78 is 33.2. The van der Waals surface area contributed by atoms with Crippen LogP contribution in [0.2, 0.25) is 0 Å². The Hall–Kier alpha value is -2.32. The molecule has 0 aromatic carbocycles. The lowest BCUT2D eigenvalue weighted by atomic mass is 10.1. The van der Waals surface area contributed by atoms with Gasteiger partial charge in [-0.05, 0) is 77.0 Å². The lowest BCUT2D eigenvalue weighted by molar-refractivity contribution is -0.154. The summed E-state index contributed by atoms with van der Waals surface area (Å²) in [6, 6.07) is 0. The maximum atomic E-state index is 12.5. The number of hydrogen-bond donors (Lipinski definition) is 2. The van der Waals surface area contributed by atoms with Gasteiger partial charge in [0.25, 0.3) is 0 Å². The molecule has 2 unspecified atom stereocenters. The molecule has 0 rings (SSSR count). The van der Waals surface area contributed by atoms with Crippen LogP contribution in [0.15, 0.2) is 85.1 Å². The molecule has 3 N–H and O–H groups in total. The van der Waals surface area contributed by atoms with E-state index < -0.39 is 19.9 Å². The van der Waals surface area contributed by atoms with Crippen molar-refractivity contribution in [2.75, 3.05) is 33.0 Å². The fourth-order valence-corrected chi connectivity index (χ4v) is 5.66. The van der Waals surface area contributed by atoms with E-state index in [1.807, 2.05) is 12.2 Å². The molecular formula is C43H74NO7P. The Morgan fingerprint density at radius 3 is 1.62 bits per heavy atom. The smallest absolute Gasteiger partial charge is 0.457 e. The molecule has 0 aromatic heterocycles. The highest BCUT2D eigenvalue weighted by Crippen LogP contribution is 2.43. The maximum absolute atomic E-state index is 12.5. The number of allylic oxidation sites excluding steroid dienone is 14. The van der Waals surface area contributed by atoms with E-state index in [2.05, 4.69) is 86.8 Å². The van der Waals surface area contributed by atoms with Crippen LogP contribution in [0.25, 0.3) is 0 Å². The maximum Gasteiger partial charge on any atom is 0.472 e. The fourth-order valence-electron chi connectivity index (χ4n) is 4.90. The highest BCUT2D eigenvalue weighted by Gasteiger charge is 2.25. The number of hydrogen-bond acceptors (Lipinski definition) is 7. The Kier molecular flexibility index (Phi) is 38.1. The number of carbonyl (C=O) groups is 1. The molecule has 0 saturated carbocycles. The number of carbonyl (C=O) groups excluding carboxylic acids is 1. The average molecular weight is 748 g/mol. The summed E-state index contributed by atoms with van der Waals surface area (Å²) in [7, 11) is -4.30. The van der Waals surface area contributed by atoms with E-state index in [1.54, 1.807) is 0 Å². The SMILES string of the molecule is CC/C=C\C/C=C\C/C=C\C/C=C\C/C=C\C/C=C\CCC(=O)OC(COCCCCCCCC/C=C\CCCCCC)COP(=O)(O)OCCN. The molecule has 0 aliphatic heterocycles. The van der Waals surface area contributed by atoms with Gasteiger partial charge in [-0.1, -0.05) is 144 Å². The van der Waals surface area contributed by atoms with Gasteiger partial charge < -0.3 is 20.1 Å². The highest BCUT2D eigenvalue weighted by atomic mass is 31.2. The first-order valence-corrected chi connectivity index (χ1v) is 21.6. The van der Waals surface area contributed by atoms with E-state index in [1.165, 1.54) is 57.8 Å². The Balaban J connectivity index is 4.24. The van der Waals surface area contributed by atoms with E-state index >= 15 is 0 Å². The first-order chi connectivity index (χ1) is 25.4. The largest absolute Gasteiger partial charge is 0.472 e. The lowest BCUT2D eigenvalue weighted by Crippen LogP contribution is -2.28. The molecule has 0 amide bonds. The van der Waals surface area contributed by atoms with Crippen molar-refractivity contribution >= 4 is 13.8 Å². The molecule has 0 aliphatic carbocycles. The molecule has 52 heavy (non-hydrogen) atoms. The van der Waals surface area contributed by atoms with Crippen LogP contribution in [-0.2, 0) is 27.9 Å². The fraction of sp³-hybridized carbons (Fsp3) is 0.651. The molecule has 0 heterocycles. The quantitative estimate of drug-likeness (QED) is 0.0279. The molecule has 0 aromatic rings. The third-order valence-corrected chi connectivity index (χ3v) is 8.79. The second-order valence-corrected chi connectivity index (χ2v) is 14.2. The van der Waals surface area contributed by atoms with Crippen molar-refractivity contribution in [2.24, 2.45) is 5.73 Å². The minimum absolute atomic E-state index is 0.0767. The van der Waals surface area contributed by atoms with Crippen LogP contribution in [0.4, 0.5) is 0 Å². The Bertz CT molecular complexity index is 1060. The zero-order valence-electron chi connectivity index (χ0n) is 32.8. The van der Waals surface area contributed by atoms with E-state index in [9.17, 15) is 14.3 Å². The lowest BCUT2D eigenvalue weighted by Gasteiger charge is -2.19. The summed E-state index contributed by atoms with van der Waals surface area (Å²) >= 11 is 0. The third-order valence-electron chi connectivity index (χ3n) is 7.81. The van der Waals surface area contributed by atoms with Crippen molar-refractivity contribution < 1.29 is 32.8 Å². The monoisotopic (exact) mass is 748 g/mol. The van der Waals surface area contributed by atoms with Crippen molar-refractivity contribution in [3.63, 3.8) is 0 Å². The standard InChI is InChI=1S/C43H74NO7P/c1-3-5-7-9-11-13-15-17-19-20-21-22-23-24-26-28-30-32-34-36-43(45)51-42(41-50-52(46,47)49-39-37-44)40-48-38-35-33-31-29-27-25-18-16-14-12-10-8-6-4-2/h5,7,11,13-14,16-17,19,21-22,24,26,30,32,42H,3-4,6,8-10,12,15,18,20,23,25,27-29,31,33-41,44H2,1-2H3,(H,46,47)/b7-5-,13-11-,16-14-,19-17-,22-21-,26-24-,32-30-. The number of unbranched alkanes of at least 4 members (excludes halogenated alkanes) is 10. The molecule has 0 spiro atoms. The summed E-state index contributed by atoms with van der Waals surface area (Å²) in [5.41, 5.74) is 5.35. The average Bonchev–Trinajstić information content (AvgIpc) is 3.13. The minimum atomic E-state index is -4.30. The number of esters is 1. The van der Waals surface area contributed by atoms with Gasteiger partial charge in [0.15, 0.2) is 0 Å². The Labute approximate surface area is 318 Å². The van der Waals surface area contributed by atoms with Gasteiger partial charge in [-0.3, -0.25) is 13.8 Å². The molecule has 0 saturated heterocycles. The van der Waals surface area contributed by atoms with Gasteiger partial charge in [0, 0.05) is 19.6 Å². The Morgan fingerprint density at radius 1 is 0.596 bits per heavy atom. The predicted octanol–water partition coefficient (Wildman–Crippen LogP) is 11.7. The number of ether oxygens (including phenoxy) is 2. The van der Waals surface area contributed by atoms with Gasteiger partial charge in [0.1, 0.15) is 6.10 Å². The number of phosphoric ester groups is 1. The second kappa shape index (κ2) is 39.9. The molecule has 0 bridgehead atoms. The Morgan fingerprint density at radius 2 is 1.08 bits per heavy atom. The second-order valence-electron chi connectivity index (χ2n) is 12.8. The van der Waals surface area contributed by atoms with Crippen LogP contribution in [0.1, 0.15) is 142 Å². The van der Waals surface area contributed by atoms with Crippen LogP contribution in [-0.4, -0.2) is 49.9 Å². The number of nitrogens with two attached hydrogens (primary N) is 1. The van der Waals surface area contributed by atoms with E-state index in [4.69, 9.17) is 24.3 Å². The van der Waals surface area contributed by atoms with E-state index in [-0.39, 0.29) is 32.8 Å². The molecule has 9 heteroatoms. The summed E-state index contributed by atoms with van der Waals surface area (Å²) in [5, 5.41) is 0. The number of rotatable bonds is 37. The van der Waals surface area contributed by atoms with E-state index in [0.717, 1.165) is 57.8 Å². The summed E-state index contributed by atoms with van der Waals surface area (Å²) in [6.07, 6.45) is 50.4. The van der Waals surface area contributed by atoms with Crippen LogP contribution in [0.3, 0.4) is 0 Å². The van der Waals surface area contributed by atoms with Gasteiger partial charge in [-0.15, -0.1) is 0 Å². The summed E-state index contributed by atoms with van der Waals surface area (Å²) in [5.74, 6) is -0.418. The van der Waals surface area contributed by atoms with Crippen molar-refractivity contribution in [1.29, 1.82) is 0 Å². The normalized spacial score (nSPS) is 14.5. The van der Waals surface area contributed by atoms with Crippen molar-refractivity contribution in [3.05, 3.63) is 85.1 Å². The van der Waals surface area contributed by atoms with Gasteiger partial charge in [-0.2, -0.15) is 0 Å². The van der Waals surface area contributed by atoms with Gasteiger partial charge >= 0.3 is 13.8 Å². The molecule has 0 radical (unpaired) electrons. The molecule has 2 atom stereocenters. The predicted molar refractivity (Wildman–Crippen MR) is 219 cm³/mol. The van der Waals surface area contributed by atoms with Crippen LogP contribution in [0, 0.1) is 0 Å². The molecule has 8 nitrogen and oxygen atoms in total. The van der Waals surface area contributed by atoms with Gasteiger partial charge in [0.2, 0.25) is 0 Å². The summed E-state index contributed by atoms with van der Waals surface area (Å²) in [6.45, 7) is 4.65. The van der Waals surface area contributed by atoms with Crippen LogP contribution < -0.4 is 5.73 Å². The zero-order valence-corrected chi connectivity index (χ0v) is 33.7. The van der Waals surface area contributed by atoms with E-state index in [0.29, 0.717) is 13.0 Å². The van der Waals surface area contributed by atoms with Crippen LogP contribution in [0.5, 0.6) is 0 Å². The molecule has 0 aliphatic rings. The summed E-state index contributed by atoms with van der Waals surface area (Å²) in [4.78, 5) is 22.4. The number of phosphoric acid groups is 1.